The first kappa shape index (κ1) is 21.0. The molecule has 1 aliphatic heterocycles. The highest BCUT2D eigenvalue weighted by Gasteiger charge is 2.33. The zero-order chi connectivity index (χ0) is 23.6. The SMILES string of the molecule is Fc1ccc(C2=NN(c3ccccc3)C(c3cn(-c4ccccc4)nc3-c3cccnc3)C2)cc1. The molecule has 0 amide bonds. The molecule has 0 spiro atoms. The molecule has 0 N–H and O–H groups in total. The van der Waals surface area contributed by atoms with Crippen molar-refractivity contribution in [3.05, 3.63) is 133 Å². The maximum atomic E-state index is 13.6. The second kappa shape index (κ2) is 8.99. The zero-order valence-corrected chi connectivity index (χ0v) is 18.9. The Kier molecular flexibility index (Phi) is 5.39. The van der Waals surface area contributed by atoms with Crippen LogP contribution < -0.4 is 5.01 Å². The van der Waals surface area contributed by atoms with E-state index in [1.165, 1.54) is 12.1 Å². The van der Waals surface area contributed by atoms with E-state index in [9.17, 15) is 4.39 Å². The fourth-order valence-electron chi connectivity index (χ4n) is 4.46. The average Bonchev–Trinajstić information content (AvgIpc) is 3.56. The van der Waals surface area contributed by atoms with Crippen molar-refractivity contribution in [2.75, 3.05) is 5.01 Å². The fraction of sp³-hybridized carbons (Fsp3) is 0.0690. The van der Waals surface area contributed by atoms with Gasteiger partial charge in [0.15, 0.2) is 0 Å². The summed E-state index contributed by atoms with van der Waals surface area (Å²) in [5.41, 5.74) is 6.64. The summed E-state index contributed by atoms with van der Waals surface area (Å²) >= 11 is 0. The van der Waals surface area contributed by atoms with Crippen molar-refractivity contribution >= 4 is 11.4 Å². The van der Waals surface area contributed by atoms with Gasteiger partial charge in [0.1, 0.15) is 5.82 Å². The minimum absolute atomic E-state index is 0.0925. The molecule has 0 fully saturated rings. The Morgan fingerprint density at radius 1 is 0.743 bits per heavy atom. The largest absolute Gasteiger partial charge is 0.264 e. The lowest BCUT2D eigenvalue weighted by Gasteiger charge is -2.23. The topological polar surface area (TPSA) is 46.3 Å². The third-order valence-corrected chi connectivity index (χ3v) is 6.17. The first-order valence-electron chi connectivity index (χ1n) is 11.5. The van der Waals surface area contributed by atoms with E-state index >= 15 is 0 Å². The molecule has 0 radical (unpaired) electrons. The van der Waals surface area contributed by atoms with Gasteiger partial charge in [0.25, 0.3) is 0 Å². The quantitative estimate of drug-likeness (QED) is 0.304. The first-order chi connectivity index (χ1) is 17.3. The number of halogens is 1. The van der Waals surface area contributed by atoms with Gasteiger partial charge in [0.05, 0.1) is 28.8 Å². The standard InChI is InChI=1S/C29H22FN5/c30-23-15-13-21(14-16-23)27-18-28(35(32-27)25-11-5-2-6-12-25)26-20-34(24-9-3-1-4-10-24)33-29(26)22-8-7-17-31-19-22/h1-17,19-20,28H,18H2. The molecule has 1 atom stereocenters. The van der Waals surface area contributed by atoms with Gasteiger partial charge in [0, 0.05) is 36.1 Å². The van der Waals surface area contributed by atoms with E-state index in [0.717, 1.165) is 39.5 Å². The number of aromatic nitrogens is 3. The lowest BCUT2D eigenvalue weighted by atomic mass is 9.96. The summed E-state index contributed by atoms with van der Waals surface area (Å²) in [4.78, 5) is 4.33. The Morgan fingerprint density at radius 3 is 2.14 bits per heavy atom. The minimum atomic E-state index is -0.258. The zero-order valence-electron chi connectivity index (χ0n) is 18.9. The van der Waals surface area contributed by atoms with E-state index in [1.54, 1.807) is 18.3 Å². The fourth-order valence-corrected chi connectivity index (χ4v) is 4.46. The third-order valence-electron chi connectivity index (χ3n) is 6.17. The minimum Gasteiger partial charge on any atom is -0.264 e. The lowest BCUT2D eigenvalue weighted by molar-refractivity contribution is 0.627. The molecule has 35 heavy (non-hydrogen) atoms. The number of anilines is 1. The molecule has 0 saturated carbocycles. The van der Waals surface area contributed by atoms with Crippen molar-refractivity contribution < 1.29 is 4.39 Å². The van der Waals surface area contributed by atoms with Gasteiger partial charge < -0.3 is 0 Å². The summed E-state index contributed by atoms with van der Waals surface area (Å²) in [6.45, 7) is 0. The molecule has 6 rings (SSSR count). The van der Waals surface area contributed by atoms with E-state index < -0.39 is 0 Å². The van der Waals surface area contributed by atoms with Crippen LogP contribution in [0, 0.1) is 5.82 Å². The molecule has 170 valence electrons. The van der Waals surface area contributed by atoms with Crippen molar-refractivity contribution in [3.63, 3.8) is 0 Å². The number of benzene rings is 3. The number of pyridine rings is 1. The molecule has 1 aliphatic rings. The van der Waals surface area contributed by atoms with Crippen LogP contribution in [0.5, 0.6) is 0 Å². The van der Waals surface area contributed by atoms with Crippen LogP contribution in [0.25, 0.3) is 16.9 Å². The highest BCUT2D eigenvalue weighted by atomic mass is 19.1. The Balaban J connectivity index is 1.49. The summed E-state index contributed by atoms with van der Waals surface area (Å²) in [7, 11) is 0. The van der Waals surface area contributed by atoms with Gasteiger partial charge in [-0.1, -0.05) is 48.5 Å². The Labute approximate surface area is 202 Å². The van der Waals surface area contributed by atoms with Crippen molar-refractivity contribution in [2.45, 2.75) is 12.5 Å². The van der Waals surface area contributed by atoms with Crippen LogP contribution in [0.15, 0.2) is 121 Å². The van der Waals surface area contributed by atoms with Crippen molar-refractivity contribution in [1.82, 2.24) is 14.8 Å². The summed E-state index contributed by atoms with van der Waals surface area (Å²) in [5.74, 6) is -0.258. The molecular weight excluding hydrogens is 437 g/mol. The van der Waals surface area contributed by atoms with Gasteiger partial charge >= 0.3 is 0 Å². The molecule has 2 aromatic heterocycles. The molecule has 1 unspecified atom stereocenters. The molecule has 3 aromatic carbocycles. The van der Waals surface area contributed by atoms with Gasteiger partial charge in [-0.25, -0.2) is 9.07 Å². The van der Waals surface area contributed by atoms with Gasteiger partial charge in [-0.3, -0.25) is 9.99 Å². The Hall–Kier alpha value is -4.58. The number of nitrogens with zero attached hydrogens (tertiary/aromatic N) is 5. The number of hydrogen-bond acceptors (Lipinski definition) is 4. The van der Waals surface area contributed by atoms with E-state index in [0.29, 0.717) is 6.42 Å². The van der Waals surface area contributed by atoms with E-state index in [4.69, 9.17) is 10.2 Å². The molecule has 3 heterocycles. The number of hydrazone groups is 1. The van der Waals surface area contributed by atoms with Crippen LogP contribution in [0.2, 0.25) is 0 Å². The van der Waals surface area contributed by atoms with Crippen molar-refractivity contribution in [2.24, 2.45) is 5.10 Å². The molecule has 6 heteroatoms. The molecule has 0 aliphatic carbocycles. The second-order valence-electron chi connectivity index (χ2n) is 8.41. The van der Waals surface area contributed by atoms with E-state index in [2.05, 4.69) is 23.3 Å². The highest BCUT2D eigenvalue weighted by molar-refractivity contribution is 6.03. The summed E-state index contributed by atoms with van der Waals surface area (Å²) < 4.78 is 15.5. The summed E-state index contributed by atoms with van der Waals surface area (Å²) in [6.07, 6.45) is 6.35. The maximum Gasteiger partial charge on any atom is 0.123 e. The monoisotopic (exact) mass is 459 g/mol. The first-order valence-corrected chi connectivity index (χ1v) is 11.5. The van der Waals surface area contributed by atoms with Gasteiger partial charge in [-0.15, -0.1) is 0 Å². The van der Waals surface area contributed by atoms with Gasteiger partial charge in [-0.2, -0.15) is 10.2 Å². The summed E-state index contributed by atoms with van der Waals surface area (Å²) in [5, 5.41) is 12.0. The Bertz CT molecular complexity index is 1460. The Morgan fingerprint density at radius 2 is 1.46 bits per heavy atom. The molecule has 5 aromatic rings. The van der Waals surface area contributed by atoms with Crippen LogP contribution in [0.1, 0.15) is 23.6 Å². The number of para-hydroxylation sites is 2. The van der Waals surface area contributed by atoms with Crippen LogP contribution in [0.4, 0.5) is 10.1 Å². The number of rotatable bonds is 5. The van der Waals surface area contributed by atoms with Crippen LogP contribution in [0.3, 0.4) is 0 Å². The van der Waals surface area contributed by atoms with Crippen LogP contribution in [-0.2, 0) is 0 Å². The van der Waals surface area contributed by atoms with Gasteiger partial charge in [0.2, 0.25) is 0 Å². The smallest absolute Gasteiger partial charge is 0.123 e. The molecular formula is C29H22FN5. The number of hydrogen-bond donors (Lipinski definition) is 0. The molecule has 0 bridgehead atoms. The normalized spacial score (nSPS) is 15.3. The molecule has 0 saturated heterocycles. The lowest BCUT2D eigenvalue weighted by Crippen LogP contribution is -2.18. The predicted molar refractivity (Wildman–Crippen MR) is 136 cm³/mol. The highest BCUT2D eigenvalue weighted by Crippen LogP contribution is 2.40. The summed E-state index contributed by atoms with van der Waals surface area (Å²) in [6, 6.07) is 30.6. The van der Waals surface area contributed by atoms with Gasteiger partial charge in [-0.05, 0) is 54.1 Å². The van der Waals surface area contributed by atoms with Crippen LogP contribution >= 0.6 is 0 Å². The van der Waals surface area contributed by atoms with Crippen molar-refractivity contribution in [1.29, 1.82) is 0 Å². The van der Waals surface area contributed by atoms with Crippen LogP contribution in [-0.4, -0.2) is 20.5 Å². The van der Waals surface area contributed by atoms with Crippen molar-refractivity contribution in [3.8, 4) is 16.9 Å². The third kappa shape index (κ3) is 4.10. The van der Waals surface area contributed by atoms with E-state index in [1.807, 2.05) is 76.6 Å². The second-order valence-corrected chi connectivity index (χ2v) is 8.41. The predicted octanol–water partition coefficient (Wildman–Crippen LogP) is 6.43. The van der Waals surface area contributed by atoms with E-state index in [-0.39, 0.29) is 11.9 Å². The average molecular weight is 460 g/mol. The maximum absolute atomic E-state index is 13.6. The molecule has 5 nitrogen and oxygen atoms in total.